The Balaban J connectivity index is 1.39. The van der Waals surface area contributed by atoms with Crippen LogP contribution in [0, 0.1) is 11.2 Å². The first kappa shape index (κ1) is 24.0. The molecule has 3 aliphatic rings. The van der Waals surface area contributed by atoms with Gasteiger partial charge in [0.05, 0.1) is 17.4 Å². The number of piperidine rings is 1. The van der Waals surface area contributed by atoms with Crippen LogP contribution in [-0.2, 0) is 16.2 Å². The molecule has 5 rings (SSSR count). The second-order valence-corrected chi connectivity index (χ2v) is 11.7. The van der Waals surface area contributed by atoms with Gasteiger partial charge in [-0.2, -0.15) is 13.2 Å². The lowest BCUT2D eigenvalue weighted by atomic mass is 9.87. The maximum absolute atomic E-state index is 15.0. The number of amides is 1. The second-order valence-electron chi connectivity index (χ2n) is 9.99. The monoisotopic (exact) mass is 511 g/mol. The molecule has 1 amide bonds. The van der Waals surface area contributed by atoms with Gasteiger partial charge in [0.25, 0.3) is 5.91 Å². The molecule has 1 spiro atoms. The first-order valence-corrected chi connectivity index (χ1v) is 13.4. The molecule has 1 saturated heterocycles. The smallest absolute Gasteiger partial charge is 0.356 e. The van der Waals surface area contributed by atoms with Crippen molar-refractivity contribution in [3.63, 3.8) is 0 Å². The van der Waals surface area contributed by atoms with Gasteiger partial charge in [0.15, 0.2) is 0 Å². The molecule has 1 aromatic heterocycles. The molecule has 0 bridgehead atoms. The molecule has 2 aromatic rings. The number of aromatic nitrogens is 1. The van der Waals surface area contributed by atoms with Gasteiger partial charge < -0.3 is 4.90 Å². The van der Waals surface area contributed by atoms with Gasteiger partial charge in [-0.25, -0.2) is 22.5 Å². The molecule has 1 N–H and O–H groups in total. The molecule has 2 unspecified atom stereocenters. The zero-order valence-electron chi connectivity index (χ0n) is 19.0. The predicted octanol–water partition coefficient (Wildman–Crippen LogP) is 4.58. The van der Waals surface area contributed by atoms with Crippen molar-refractivity contribution >= 4 is 21.7 Å². The summed E-state index contributed by atoms with van der Waals surface area (Å²) in [5.41, 5.74) is 0.534. The molecule has 2 atom stereocenters. The third-order valence-corrected chi connectivity index (χ3v) is 7.84. The number of rotatable bonds is 5. The van der Waals surface area contributed by atoms with Gasteiger partial charge in [0.2, 0.25) is 10.0 Å². The van der Waals surface area contributed by atoms with Crippen molar-refractivity contribution < 1.29 is 30.8 Å². The van der Waals surface area contributed by atoms with Crippen molar-refractivity contribution in [1.82, 2.24) is 9.71 Å². The molecule has 1 aliphatic heterocycles. The van der Waals surface area contributed by atoms with E-state index < -0.39 is 33.5 Å². The van der Waals surface area contributed by atoms with Gasteiger partial charge in [0, 0.05) is 19.3 Å². The Morgan fingerprint density at radius 1 is 1.20 bits per heavy atom. The summed E-state index contributed by atoms with van der Waals surface area (Å²) in [7, 11) is -3.83. The Kier molecular flexibility index (Phi) is 5.61. The van der Waals surface area contributed by atoms with Crippen LogP contribution in [0.2, 0.25) is 0 Å². The van der Waals surface area contributed by atoms with Crippen LogP contribution in [0.1, 0.15) is 71.0 Å². The molecule has 6 nitrogen and oxygen atoms in total. The average molecular weight is 512 g/mol. The van der Waals surface area contributed by atoms with E-state index in [0.29, 0.717) is 18.9 Å². The Bertz CT molecular complexity index is 1280. The van der Waals surface area contributed by atoms with Gasteiger partial charge >= 0.3 is 6.18 Å². The lowest BCUT2D eigenvalue weighted by molar-refractivity contribution is -0.137. The van der Waals surface area contributed by atoms with Crippen molar-refractivity contribution in [3.8, 4) is 0 Å². The highest BCUT2D eigenvalue weighted by Crippen LogP contribution is 2.65. The summed E-state index contributed by atoms with van der Waals surface area (Å²) in [5, 5.41) is 0. The molecule has 3 fully saturated rings. The number of anilines is 1. The summed E-state index contributed by atoms with van der Waals surface area (Å²) >= 11 is 0. The average Bonchev–Trinajstić information content (AvgIpc) is 3.69. The topological polar surface area (TPSA) is 79.4 Å². The molecule has 2 saturated carbocycles. The summed E-state index contributed by atoms with van der Waals surface area (Å²) in [6.07, 6.45) is 1.67. The number of hydrogen-bond donors (Lipinski definition) is 1. The number of nitrogens with zero attached hydrogens (tertiary/aromatic N) is 2. The van der Waals surface area contributed by atoms with Crippen LogP contribution < -0.4 is 9.62 Å². The van der Waals surface area contributed by atoms with Crippen molar-refractivity contribution in [3.05, 3.63) is 58.5 Å². The third kappa shape index (κ3) is 4.87. The van der Waals surface area contributed by atoms with Gasteiger partial charge in [-0.1, -0.05) is 0 Å². The van der Waals surface area contributed by atoms with E-state index in [1.54, 1.807) is 0 Å². The van der Waals surface area contributed by atoms with Crippen LogP contribution in [0.25, 0.3) is 0 Å². The Morgan fingerprint density at radius 3 is 2.54 bits per heavy atom. The van der Waals surface area contributed by atoms with E-state index in [-0.39, 0.29) is 22.8 Å². The fraction of sp³-hybridized carbons (Fsp3) is 0.500. The number of pyridine rings is 1. The normalized spacial score (nSPS) is 24.5. The van der Waals surface area contributed by atoms with E-state index in [9.17, 15) is 30.8 Å². The molecule has 2 heterocycles. The third-order valence-electron chi connectivity index (χ3n) is 7.29. The van der Waals surface area contributed by atoms with E-state index in [1.807, 2.05) is 9.62 Å². The summed E-state index contributed by atoms with van der Waals surface area (Å²) in [5.74, 6) is -0.976. The Labute approximate surface area is 200 Å². The fourth-order valence-electron chi connectivity index (χ4n) is 5.39. The van der Waals surface area contributed by atoms with E-state index in [0.717, 1.165) is 61.7 Å². The molecule has 2 aliphatic carbocycles. The number of benzene rings is 1. The van der Waals surface area contributed by atoms with E-state index in [4.69, 9.17) is 0 Å². The lowest BCUT2D eigenvalue weighted by Gasteiger charge is -2.35. The van der Waals surface area contributed by atoms with Crippen molar-refractivity contribution in [2.45, 2.75) is 50.1 Å². The Hall–Kier alpha value is -2.69. The van der Waals surface area contributed by atoms with Crippen molar-refractivity contribution in [1.29, 1.82) is 0 Å². The number of carbonyl (C=O) groups excluding carboxylic acids is 1. The standard InChI is InChI=1S/C24H25F4N3O3S/c1-35(33,34)30-22(32)18-9-16(14-3-4-14)17(10-20(18)25)19-11-23(19)7-2-8-31(13-23)21-6-5-15(12-29-21)24(26,27)28/h5-6,9-10,12,14,19H,2-4,7-8,11,13H2,1H3,(H,30,32). The SMILES string of the molecule is CS(=O)(=O)NC(=O)c1cc(C2CC2)c(C2CC23CCCN(c2ccc(C(F)(F)F)cn2)C3)cc1F. The van der Waals surface area contributed by atoms with Gasteiger partial charge in [-0.15, -0.1) is 0 Å². The van der Waals surface area contributed by atoms with Gasteiger partial charge in [0.1, 0.15) is 11.6 Å². The lowest BCUT2D eigenvalue weighted by Crippen LogP contribution is -2.37. The van der Waals surface area contributed by atoms with Gasteiger partial charge in [-0.3, -0.25) is 4.79 Å². The summed E-state index contributed by atoms with van der Waals surface area (Å²) in [4.78, 5) is 18.4. The van der Waals surface area contributed by atoms with Crippen molar-refractivity contribution in [2.75, 3.05) is 24.2 Å². The van der Waals surface area contributed by atoms with E-state index in [1.165, 1.54) is 18.2 Å². The number of carbonyl (C=O) groups is 1. The van der Waals surface area contributed by atoms with Crippen LogP contribution in [0.5, 0.6) is 0 Å². The van der Waals surface area contributed by atoms with Crippen molar-refractivity contribution in [2.24, 2.45) is 5.41 Å². The number of hydrogen-bond acceptors (Lipinski definition) is 5. The highest BCUT2D eigenvalue weighted by Gasteiger charge is 2.57. The quantitative estimate of drug-likeness (QED) is 0.595. The van der Waals surface area contributed by atoms with E-state index in [2.05, 4.69) is 4.98 Å². The van der Waals surface area contributed by atoms with Crippen LogP contribution in [0.4, 0.5) is 23.4 Å². The maximum Gasteiger partial charge on any atom is 0.417 e. The predicted molar refractivity (Wildman–Crippen MR) is 121 cm³/mol. The molecule has 35 heavy (non-hydrogen) atoms. The second kappa shape index (κ2) is 8.18. The largest absolute Gasteiger partial charge is 0.417 e. The first-order chi connectivity index (χ1) is 16.4. The summed E-state index contributed by atoms with van der Waals surface area (Å²) in [6, 6.07) is 5.30. The van der Waals surface area contributed by atoms with Crippen LogP contribution in [-0.4, -0.2) is 38.7 Å². The maximum atomic E-state index is 15.0. The van der Waals surface area contributed by atoms with Crippen LogP contribution >= 0.6 is 0 Å². The minimum absolute atomic E-state index is 0.0665. The molecule has 0 radical (unpaired) electrons. The van der Waals surface area contributed by atoms with Crippen LogP contribution in [0.15, 0.2) is 30.5 Å². The Morgan fingerprint density at radius 2 is 1.94 bits per heavy atom. The molecule has 188 valence electrons. The summed E-state index contributed by atoms with van der Waals surface area (Å²) < 4.78 is 78.4. The molecular weight excluding hydrogens is 486 g/mol. The number of nitrogens with one attached hydrogen (secondary N) is 1. The van der Waals surface area contributed by atoms with Gasteiger partial charge in [-0.05, 0) is 84.7 Å². The fourth-order valence-corrected chi connectivity index (χ4v) is 5.83. The summed E-state index contributed by atoms with van der Waals surface area (Å²) in [6.45, 7) is 1.29. The number of alkyl halides is 3. The zero-order chi connectivity index (χ0) is 25.2. The first-order valence-electron chi connectivity index (χ1n) is 11.5. The highest BCUT2D eigenvalue weighted by molar-refractivity contribution is 7.89. The zero-order valence-corrected chi connectivity index (χ0v) is 19.8. The number of halogens is 4. The number of sulfonamides is 1. The molecular formula is C24H25F4N3O3S. The minimum Gasteiger partial charge on any atom is -0.356 e. The molecule has 1 aromatic carbocycles. The van der Waals surface area contributed by atoms with E-state index >= 15 is 0 Å². The molecule has 11 heteroatoms. The van der Waals surface area contributed by atoms with Crippen LogP contribution in [0.3, 0.4) is 0 Å². The minimum atomic E-state index is -4.44. The highest BCUT2D eigenvalue weighted by atomic mass is 32.2.